The third-order valence-corrected chi connectivity index (χ3v) is 9.99. The van der Waals surface area contributed by atoms with Crippen molar-refractivity contribution in [2.24, 2.45) is 17.8 Å². The van der Waals surface area contributed by atoms with Gasteiger partial charge in [0.15, 0.2) is 0 Å². The molecule has 7 nitrogen and oxygen atoms in total. The van der Waals surface area contributed by atoms with Crippen LogP contribution in [0.25, 0.3) is 0 Å². The second-order valence-corrected chi connectivity index (χ2v) is 14.0. The van der Waals surface area contributed by atoms with E-state index < -0.39 is 24.0 Å². The molecule has 0 spiro atoms. The van der Waals surface area contributed by atoms with Gasteiger partial charge in [-0.05, 0) is 62.0 Å². The molecule has 0 radical (unpaired) electrons. The molecule has 0 amide bonds. The molecule has 7 heteroatoms. The Kier molecular flexibility index (Phi) is 15.6. The van der Waals surface area contributed by atoms with Crippen molar-refractivity contribution < 1.29 is 33.3 Å². The largest absolute Gasteiger partial charge is 0.460 e. The fourth-order valence-electron chi connectivity index (χ4n) is 7.09. The zero-order chi connectivity index (χ0) is 34.2. The van der Waals surface area contributed by atoms with Crippen LogP contribution < -0.4 is 0 Å². The van der Waals surface area contributed by atoms with Gasteiger partial charge in [-0.1, -0.05) is 120 Å². The number of carbonyl (C=O) groups is 3. The van der Waals surface area contributed by atoms with E-state index in [-0.39, 0.29) is 23.6 Å². The van der Waals surface area contributed by atoms with Gasteiger partial charge in [0, 0.05) is 25.4 Å². The van der Waals surface area contributed by atoms with Crippen LogP contribution in [0.1, 0.15) is 128 Å². The Morgan fingerprint density at radius 3 is 2.04 bits per heavy atom. The van der Waals surface area contributed by atoms with E-state index in [1.54, 1.807) is 0 Å². The van der Waals surface area contributed by atoms with Gasteiger partial charge in [-0.2, -0.15) is 0 Å². The molecule has 0 aromatic heterocycles. The summed E-state index contributed by atoms with van der Waals surface area (Å²) in [5, 5.41) is 0. The minimum Gasteiger partial charge on any atom is -0.460 e. The van der Waals surface area contributed by atoms with Crippen molar-refractivity contribution in [1.82, 2.24) is 0 Å². The van der Waals surface area contributed by atoms with Gasteiger partial charge in [0.05, 0.1) is 12.5 Å². The standard InChI is InChI=1S/C41H58O7/c1-4-6-8-16-22-37(42)32-25-24-31(3)28-36(29-32)46-40(44)41(34-18-12-10-13-19-34,35-20-14-11-15-21-35)48-38(23-17-9-7-5-2)47-39(43)33-26-27-45-30-33/h10-15,18-21,31-33,36,38H,4-9,16-17,22-30H2,1-3H3. The van der Waals surface area contributed by atoms with Crippen molar-refractivity contribution in [3.05, 3.63) is 71.8 Å². The summed E-state index contributed by atoms with van der Waals surface area (Å²) in [6.45, 7) is 7.34. The molecule has 5 unspecified atom stereocenters. The predicted molar refractivity (Wildman–Crippen MR) is 187 cm³/mol. The Bertz CT molecular complexity index is 1200. The second kappa shape index (κ2) is 19.8. The van der Waals surface area contributed by atoms with Crippen molar-refractivity contribution >= 4 is 17.7 Å². The lowest BCUT2D eigenvalue weighted by atomic mass is 9.85. The zero-order valence-electron chi connectivity index (χ0n) is 29.5. The average molecular weight is 663 g/mol. The number of ketones is 1. The van der Waals surface area contributed by atoms with Gasteiger partial charge in [-0.15, -0.1) is 0 Å². The lowest BCUT2D eigenvalue weighted by Crippen LogP contribution is -2.47. The van der Waals surface area contributed by atoms with Crippen LogP contribution in [0, 0.1) is 17.8 Å². The SMILES string of the molecule is CCCCCCC(=O)C1CCC(C)CC(OC(=O)C(OC(CCCCCC)OC(=O)C2CCOC2)(c2ccccc2)c2ccccc2)C1. The fraction of sp³-hybridized carbons (Fsp3) is 0.634. The Labute approximate surface area is 288 Å². The second-order valence-electron chi connectivity index (χ2n) is 14.0. The van der Waals surface area contributed by atoms with Gasteiger partial charge in [-0.25, -0.2) is 4.79 Å². The summed E-state index contributed by atoms with van der Waals surface area (Å²) in [4.78, 5) is 41.7. The van der Waals surface area contributed by atoms with Crippen LogP contribution in [0.2, 0.25) is 0 Å². The summed E-state index contributed by atoms with van der Waals surface area (Å²) >= 11 is 0. The van der Waals surface area contributed by atoms with E-state index in [0.717, 1.165) is 64.2 Å². The van der Waals surface area contributed by atoms with Crippen LogP contribution in [0.4, 0.5) is 0 Å². The van der Waals surface area contributed by atoms with Gasteiger partial charge in [0.2, 0.25) is 11.9 Å². The van der Waals surface area contributed by atoms with E-state index in [4.69, 9.17) is 18.9 Å². The Balaban J connectivity index is 1.67. The Morgan fingerprint density at radius 2 is 1.44 bits per heavy atom. The smallest absolute Gasteiger partial charge is 0.348 e. The first kappa shape index (κ1) is 37.8. The van der Waals surface area contributed by atoms with E-state index >= 15 is 0 Å². The van der Waals surface area contributed by atoms with Crippen LogP contribution in [0.3, 0.4) is 0 Å². The molecule has 48 heavy (non-hydrogen) atoms. The number of Topliss-reactive ketones (excluding diaryl/α,β-unsaturated/α-hetero) is 1. The fourth-order valence-corrected chi connectivity index (χ4v) is 7.09. The molecule has 2 aromatic rings. The molecule has 2 fully saturated rings. The first-order valence-electron chi connectivity index (χ1n) is 18.7. The molecule has 1 aliphatic carbocycles. The Hall–Kier alpha value is -3.03. The van der Waals surface area contributed by atoms with Crippen molar-refractivity contribution in [3.8, 4) is 0 Å². The van der Waals surface area contributed by atoms with Crippen LogP contribution >= 0.6 is 0 Å². The average Bonchev–Trinajstić information content (AvgIpc) is 3.58. The summed E-state index contributed by atoms with van der Waals surface area (Å²) in [5.41, 5.74) is -0.491. The molecule has 2 aliphatic rings. The molecular formula is C41H58O7. The highest BCUT2D eigenvalue weighted by Gasteiger charge is 2.49. The molecular weight excluding hydrogens is 604 g/mol. The van der Waals surface area contributed by atoms with Crippen LogP contribution in [0.5, 0.6) is 0 Å². The maximum atomic E-state index is 14.9. The molecule has 1 saturated heterocycles. The highest BCUT2D eigenvalue weighted by Crippen LogP contribution is 2.40. The van der Waals surface area contributed by atoms with E-state index in [2.05, 4.69) is 20.8 Å². The van der Waals surface area contributed by atoms with Crippen LogP contribution in [-0.4, -0.2) is 43.3 Å². The number of benzene rings is 2. The van der Waals surface area contributed by atoms with E-state index in [1.165, 1.54) is 0 Å². The van der Waals surface area contributed by atoms with E-state index in [1.807, 2.05) is 60.7 Å². The number of hydrogen-bond acceptors (Lipinski definition) is 7. The summed E-state index contributed by atoms with van der Waals surface area (Å²) in [7, 11) is 0. The topological polar surface area (TPSA) is 88.1 Å². The lowest BCUT2D eigenvalue weighted by Gasteiger charge is -2.37. The first-order valence-corrected chi connectivity index (χ1v) is 18.7. The third kappa shape index (κ3) is 10.7. The summed E-state index contributed by atoms with van der Waals surface area (Å²) < 4.78 is 25.0. The maximum Gasteiger partial charge on any atom is 0.348 e. The van der Waals surface area contributed by atoms with Crippen molar-refractivity contribution in [2.45, 2.75) is 135 Å². The number of hydrogen-bond donors (Lipinski definition) is 0. The predicted octanol–water partition coefficient (Wildman–Crippen LogP) is 9.10. The van der Waals surface area contributed by atoms with Crippen molar-refractivity contribution in [2.75, 3.05) is 13.2 Å². The van der Waals surface area contributed by atoms with Gasteiger partial charge in [0.1, 0.15) is 11.9 Å². The Morgan fingerprint density at radius 1 is 0.792 bits per heavy atom. The number of esters is 2. The van der Waals surface area contributed by atoms with Crippen LogP contribution in [-0.2, 0) is 38.9 Å². The summed E-state index contributed by atoms with van der Waals surface area (Å²) in [6, 6.07) is 18.8. The molecule has 0 N–H and O–H groups in total. The monoisotopic (exact) mass is 662 g/mol. The summed E-state index contributed by atoms with van der Waals surface area (Å²) in [5.74, 6) is -0.805. The lowest BCUT2D eigenvalue weighted by molar-refractivity contribution is -0.225. The highest BCUT2D eigenvalue weighted by atomic mass is 16.7. The quantitative estimate of drug-likeness (QED) is 0.0642. The normalized spacial score (nSPS) is 22.1. The third-order valence-electron chi connectivity index (χ3n) is 9.99. The molecule has 2 aromatic carbocycles. The number of carbonyl (C=O) groups excluding carboxylic acids is 3. The number of ether oxygens (including phenoxy) is 4. The van der Waals surface area contributed by atoms with E-state index in [0.29, 0.717) is 62.4 Å². The highest BCUT2D eigenvalue weighted by molar-refractivity contribution is 5.86. The minimum absolute atomic E-state index is 0.126. The number of unbranched alkanes of at least 4 members (excludes halogenated alkanes) is 6. The van der Waals surface area contributed by atoms with Gasteiger partial charge < -0.3 is 18.9 Å². The van der Waals surface area contributed by atoms with E-state index in [9.17, 15) is 14.4 Å². The van der Waals surface area contributed by atoms with Gasteiger partial charge in [-0.3, -0.25) is 9.59 Å². The molecule has 264 valence electrons. The summed E-state index contributed by atoms with van der Waals surface area (Å²) in [6.07, 6.45) is 11.3. The first-order chi connectivity index (χ1) is 23.4. The van der Waals surface area contributed by atoms with Gasteiger partial charge >= 0.3 is 11.9 Å². The zero-order valence-corrected chi connectivity index (χ0v) is 29.5. The van der Waals surface area contributed by atoms with Crippen LogP contribution in [0.15, 0.2) is 60.7 Å². The van der Waals surface area contributed by atoms with Gasteiger partial charge in [0.25, 0.3) is 0 Å². The molecule has 4 rings (SSSR count). The van der Waals surface area contributed by atoms with Crippen molar-refractivity contribution in [1.29, 1.82) is 0 Å². The number of rotatable bonds is 19. The molecule has 1 aliphatic heterocycles. The molecule has 1 saturated carbocycles. The molecule has 5 atom stereocenters. The maximum absolute atomic E-state index is 14.9. The molecule has 1 heterocycles. The molecule has 0 bridgehead atoms. The van der Waals surface area contributed by atoms with Crippen molar-refractivity contribution in [3.63, 3.8) is 0 Å². The minimum atomic E-state index is -1.69.